The van der Waals surface area contributed by atoms with Crippen molar-refractivity contribution < 1.29 is 14.3 Å². The smallest absolute Gasteiger partial charge is 0.410 e. The first kappa shape index (κ1) is 21.6. The molecular weight excluding hydrogens is 380 g/mol. The summed E-state index contributed by atoms with van der Waals surface area (Å²) >= 11 is 0. The van der Waals surface area contributed by atoms with Crippen molar-refractivity contribution in [2.45, 2.75) is 39.7 Å². The molecule has 0 spiro atoms. The molecule has 1 aromatic heterocycles. The number of rotatable bonds is 4. The lowest BCUT2D eigenvalue weighted by Gasteiger charge is -2.36. The van der Waals surface area contributed by atoms with Gasteiger partial charge in [-0.05, 0) is 57.0 Å². The van der Waals surface area contributed by atoms with Gasteiger partial charge in [0.15, 0.2) is 0 Å². The molecule has 3 rings (SSSR count). The molecule has 160 valence electrons. The van der Waals surface area contributed by atoms with Crippen LogP contribution >= 0.6 is 0 Å². The number of aromatic nitrogens is 1. The number of pyridine rings is 1. The van der Waals surface area contributed by atoms with Crippen LogP contribution in [0.3, 0.4) is 0 Å². The summed E-state index contributed by atoms with van der Waals surface area (Å²) in [6.07, 6.45) is 2.42. The maximum Gasteiger partial charge on any atom is 0.410 e. The molecule has 1 saturated heterocycles. The van der Waals surface area contributed by atoms with E-state index < -0.39 is 5.60 Å². The van der Waals surface area contributed by atoms with Crippen molar-refractivity contribution in [2.24, 2.45) is 0 Å². The van der Waals surface area contributed by atoms with Crippen LogP contribution in [0.1, 0.15) is 43.6 Å². The van der Waals surface area contributed by atoms with Gasteiger partial charge in [-0.15, -0.1) is 0 Å². The van der Waals surface area contributed by atoms with Crippen molar-refractivity contribution in [3.63, 3.8) is 0 Å². The summed E-state index contributed by atoms with van der Waals surface area (Å²) in [5.74, 6) is 0.333. The quantitative estimate of drug-likeness (QED) is 0.826. The molecule has 1 fully saturated rings. The minimum atomic E-state index is -0.490. The third kappa shape index (κ3) is 5.72. The monoisotopic (exact) mass is 410 g/mol. The number of carbonyl (C=O) groups is 2. The molecule has 7 heteroatoms. The molecule has 0 saturated carbocycles. The number of nitrogens with one attached hydrogen (secondary N) is 1. The number of hydrogen-bond donors (Lipinski definition) is 1. The van der Waals surface area contributed by atoms with E-state index in [0.717, 1.165) is 12.1 Å². The van der Waals surface area contributed by atoms with Gasteiger partial charge >= 0.3 is 6.09 Å². The molecule has 1 N–H and O–H groups in total. The summed E-state index contributed by atoms with van der Waals surface area (Å²) in [7, 11) is 0. The third-order valence-electron chi connectivity index (χ3n) is 4.91. The number of amides is 2. The third-order valence-corrected chi connectivity index (χ3v) is 4.91. The van der Waals surface area contributed by atoms with E-state index >= 15 is 0 Å². The molecule has 1 aliphatic rings. The van der Waals surface area contributed by atoms with E-state index in [2.05, 4.69) is 22.1 Å². The van der Waals surface area contributed by atoms with Gasteiger partial charge in [0.25, 0.3) is 5.91 Å². The Hall–Kier alpha value is -3.09. The molecular formula is C23H30N4O3. The maximum atomic E-state index is 12.4. The lowest BCUT2D eigenvalue weighted by molar-refractivity contribution is 0.0240. The fourth-order valence-corrected chi connectivity index (χ4v) is 3.20. The molecule has 0 aliphatic carbocycles. The molecule has 7 nitrogen and oxygen atoms in total. The average molecular weight is 411 g/mol. The Kier molecular flexibility index (Phi) is 6.59. The number of ether oxygens (including phenoxy) is 1. The van der Waals surface area contributed by atoms with Crippen LogP contribution in [-0.2, 0) is 11.2 Å². The second-order valence-corrected chi connectivity index (χ2v) is 8.36. The minimum Gasteiger partial charge on any atom is -0.444 e. The zero-order chi connectivity index (χ0) is 21.7. The first-order chi connectivity index (χ1) is 14.2. The topological polar surface area (TPSA) is 74.8 Å². The highest BCUT2D eigenvalue weighted by Gasteiger charge is 2.26. The minimum absolute atomic E-state index is 0.177. The average Bonchev–Trinajstić information content (AvgIpc) is 2.73. The molecule has 1 aliphatic heterocycles. The van der Waals surface area contributed by atoms with Gasteiger partial charge in [0.2, 0.25) is 0 Å². The Morgan fingerprint density at radius 1 is 1.03 bits per heavy atom. The Morgan fingerprint density at radius 3 is 2.23 bits per heavy atom. The number of nitrogens with zero attached hydrogens (tertiary/aromatic N) is 3. The Labute approximate surface area is 178 Å². The number of benzene rings is 1. The highest BCUT2D eigenvalue weighted by molar-refractivity contribution is 6.03. The van der Waals surface area contributed by atoms with Crippen LogP contribution in [-0.4, -0.2) is 53.7 Å². The van der Waals surface area contributed by atoms with Crippen LogP contribution in [0.25, 0.3) is 0 Å². The molecule has 2 amide bonds. The van der Waals surface area contributed by atoms with E-state index in [1.807, 2.05) is 51.1 Å². The van der Waals surface area contributed by atoms with E-state index in [1.54, 1.807) is 17.2 Å². The molecule has 30 heavy (non-hydrogen) atoms. The summed E-state index contributed by atoms with van der Waals surface area (Å²) < 4.78 is 5.44. The number of piperazine rings is 1. The van der Waals surface area contributed by atoms with Gasteiger partial charge in [0.05, 0.1) is 11.9 Å². The van der Waals surface area contributed by atoms with Crippen molar-refractivity contribution in [2.75, 3.05) is 36.4 Å². The molecule has 0 bridgehead atoms. The lowest BCUT2D eigenvalue weighted by Crippen LogP contribution is -2.50. The fourth-order valence-electron chi connectivity index (χ4n) is 3.20. The second kappa shape index (κ2) is 9.15. The van der Waals surface area contributed by atoms with Crippen molar-refractivity contribution in [1.82, 2.24) is 9.88 Å². The van der Waals surface area contributed by atoms with Crippen LogP contribution in [0.15, 0.2) is 42.6 Å². The van der Waals surface area contributed by atoms with Gasteiger partial charge in [-0.25, -0.2) is 9.78 Å². The fraction of sp³-hybridized carbons (Fsp3) is 0.435. The van der Waals surface area contributed by atoms with E-state index in [0.29, 0.717) is 37.6 Å². The SMILES string of the molecule is CCc1ccc(C(=O)Nc2ccc(N3CCN(C(=O)OC(C)(C)C)CC3)cn2)cc1. The lowest BCUT2D eigenvalue weighted by atomic mass is 10.1. The van der Waals surface area contributed by atoms with Crippen molar-refractivity contribution in [1.29, 1.82) is 0 Å². The standard InChI is InChI=1S/C23H30N4O3/c1-5-17-6-8-18(9-7-17)21(28)25-20-11-10-19(16-24-20)26-12-14-27(15-13-26)22(29)30-23(2,3)4/h6-11,16H,5,12-15H2,1-4H3,(H,24,25,28). The molecule has 1 aromatic carbocycles. The van der Waals surface area contributed by atoms with Gasteiger partial charge in [0.1, 0.15) is 11.4 Å². The first-order valence-corrected chi connectivity index (χ1v) is 10.3. The summed E-state index contributed by atoms with van der Waals surface area (Å²) in [4.78, 5) is 32.9. The Morgan fingerprint density at radius 2 is 1.70 bits per heavy atom. The van der Waals surface area contributed by atoms with Gasteiger partial charge < -0.3 is 19.9 Å². The largest absolute Gasteiger partial charge is 0.444 e. The van der Waals surface area contributed by atoms with Gasteiger partial charge in [-0.2, -0.15) is 0 Å². The van der Waals surface area contributed by atoms with E-state index in [1.165, 1.54) is 5.56 Å². The van der Waals surface area contributed by atoms with Crippen LogP contribution in [0.4, 0.5) is 16.3 Å². The molecule has 2 aromatic rings. The number of aryl methyl sites for hydroxylation is 1. The summed E-state index contributed by atoms with van der Waals surface area (Å²) in [5, 5.41) is 2.83. The molecule has 0 unspecified atom stereocenters. The van der Waals surface area contributed by atoms with Gasteiger partial charge in [-0.3, -0.25) is 4.79 Å². The van der Waals surface area contributed by atoms with E-state index in [9.17, 15) is 9.59 Å². The van der Waals surface area contributed by atoms with E-state index in [-0.39, 0.29) is 12.0 Å². The van der Waals surface area contributed by atoms with Crippen LogP contribution in [0, 0.1) is 0 Å². The summed E-state index contributed by atoms with van der Waals surface area (Å²) in [6, 6.07) is 11.3. The Balaban J connectivity index is 1.53. The predicted molar refractivity (Wildman–Crippen MR) is 118 cm³/mol. The maximum absolute atomic E-state index is 12.4. The first-order valence-electron chi connectivity index (χ1n) is 10.3. The zero-order valence-electron chi connectivity index (χ0n) is 18.1. The number of hydrogen-bond acceptors (Lipinski definition) is 5. The number of carbonyl (C=O) groups excluding carboxylic acids is 2. The Bertz CT molecular complexity index is 865. The second-order valence-electron chi connectivity index (χ2n) is 8.36. The van der Waals surface area contributed by atoms with Crippen LogP contribution in [0.5, 0.6) is 0 Å². The summed E-state index contributed by atoms with van der Waals surface area (Å²) in [6.45, 7) is 10.3. The van der Waals surface area contributed by atoms with Gasteiger partial charge in [-0.1, -0.05) is 19.1 Å². The zero-order valence-corrected chi connectivity index (χ0v) is 18.1. The van der Waals surface area contributed by atoms with Crippen molar-refractivity contribution in [3.05, 3.63) is 53.7 Å². The predicted octanol–water partition coefficient (Wildman–Crippen LogP) is 3.95. The normalized spacial score (nSPS) is 14.4. The molecule has 2 heterocycles. The molecule has 0 radical (unpaired) electrons. The van der Waals surface area contributed by atoms with Crippen LogP contribution < -0.4 is 10.2 Å². The summed E-state index contributed by atoms with van der Waals surface area (Å²) in [5.41, 5.74) is 2.28. The highest BCUT2D eigenvalue weighted by Crippen LogP contribution is 2.19. The highest BCUT2D eigenvalue weighted by atomic mass is 16.6. The van der Waals surface area contributed by atoms with Crippen LogP contribution in [0.2, 0.25) is 0 Å². The number of anilines is 2. The van der Waals surface area contributed by atoms with Gasteiger partial charge in [0, 0.05) is 31.7 Å². The van der Waals surface area contributed by atoms with Crippen molar-refractivity contribution >= 4 is 23.5 Å². The van der Waals surface area contributed by atoms with Crippen molar-refractivity contribution in [3.8, 4) is 0 Å². The van der Waals surface area contributed by atoms with E-state index in [4.69, 9.17) is 4.74 Å². The molecule has 0 atom stereocenters.